The summed E-state index contributed by atoms with van der Waals surface area (Å²) in [6.45, 7) is 2.78. The van der Waals surface area contributed by atoms with E-state index in [1.807, 2.05) is 41.0 Å². The van der Waals surface area contributed by atoms with E-state index in [0.29, 0.717) is 38.3 Å². The Morgan fingerprint density at radius 2 is 1.58 bits per heavy atom. The van der Waals surface area contributed by atoms with E-state index in [1.165, 1.54) is 12.1 Å². The third-order valence-electron chi connectivity index (χ3n) is 6.09. The number of anilines is 1. The van der Waals surface area contributed by atoms with E-state index in [0.717, 1.165) is 22.2 Å². The van der Waals surface area contributed by atoms with Gasteiger partial charge in [-0.15, -0.1) is 0 Å². The van der Waals surface area contributed by atoms with Gasteiger partial charge in [0.1, 0.15) is 5.82 Å². The Morgan fingerprint density at radius 1 is 0.879 bits per heavy atom. The number of hydrogen-bond acceptors (Lipinski definition) is 4. The van der Waals surface area contributed by atoms with Crippen LogP contribution in [0.15, 0.2) is 79.3 Å². The number of aromatic nitrogens is 2. The van der Waals surface area contributed by atoms with Crippen molar-refractivity contribution in [3.8, 4) is 0 Å². The summed E-state index contributed by atoms with van der Waals surface area (Å²) >= 11 is 0. The summed E-state index contributed by atoms with van der Waals surface area (Å²) in [6.07, 6.45) is 5.23. The Morgan fingerprint density at radius 3 is 2.30 bits per heavy atom. The van der Waals surface area contributed by atoms with Crippen LogP contribution in [0.4, 0.5) is 10.1 Å². The average Bonchev–Trinajstić information content (AvgIpc) is 3.23. The number of hydrogen-bond donors (Lipinski definition) is 0. The lowest BCUT2D eigenvalue weighted by Gasteiger charge is -2.35. The van der Waals surface area contributed by atoms with Gasteiger partial charge in [-0.2, -0.15) is 0 Å². The van der Waals surface area contributed by atoms with Gasteiger partial charge in [0, 0.05) is 67.9 Å². The molecular formula is C26H23FN4O2. The molecule has 0 spiro atoms. The summed E-state index contributed by atoms with van der Waals surface area (Å²) in [5, 5.41) is 0.744. The molecule has 6 nitrogen and oxygen atoms in total. The van der Waals surface area contributed by atoms with Gasteiger partial charge in [0.15, 0.2) is 0 Å². The summed E-state index contributed by atoms with van der Waals surface area (Å²) in [5.74, 6) is -1.27. The van der Waals surface area contributed by atoms with Crippen molar-refractivity contribution in [1.82, 2.24) is 14.5 Å². The van der Waals surface area contributed by atoms with Crippen molar-refractivity contribution in [3.05, 3.63) is 96.2 Å². The van der Waals surface area contributed by atoms with Crippen LogP contribution in [-0.4, -0.2) is 52.3 Å². The number of amides is 1. The van der Waals surface area contributed by atoms with E-state index in [4.69, 9.17) is 0 Å². The molecule has 2 aromatic heterocycles. The monoisotopic (exact) mass is 442 g/mol. The van der Waals surface area contributed by atoms with E-state index in [-0.39, 0.29) is 5.82 Å². The van der Waals surface area contributed by atoms with Crippen LogP contribution in [0.2, 0.25) is 0 Å². The molecule has 0 aliphatic carbocycles. The Hall–Kier alpha value is -4.00. The number of ketones is 1. The third kappa shape index (κ3) is 4.22. The number of piperazine rings is 1. The summed E-state index contributed by atoms with van der Waals surface area (Å²) in [6, 6.07) is 17.7. The van der Waals surface area contributed by atoms with E-state index in [9.17, 15) is 14.0 Å². The number of benzene rings is 2. The molecule has 0 saturated carbocycles. The molecule has 7 heteroatoms. The van der Waals surface area contributed by atoms with Crippen molar-refractivity contribution < 1.29 is 14.0 Å². The second-order valence-corrected chi connectivity index (χ2v) is 8.13. The minimum absolute atomic E-state index is 0.290. The van der Waals surface area contributed by atoms with Crippen LogP contribution in [-0.2, 0) is 11.3 Å². The van der Waals surface area contributed by atoms with Crippen LogP contribution < -0.4 is 4.90 Å². The van der Waals surface area contributed by atoms with Gasteiger partial charge < -0.3 is 14.4 Å². The molecular weight excluding hydrogens is 419 g/mol. The maximum absolute atomic E-state index is 13.3. The molecule has 5 rings (SSSR count). The summed E-state index contributed by atoms with van der Waals surface area (Å²) in [7, 11) is 0. The van der Waals surface area contributed by atoms with Gasteiger partial charge in [-0.3, -0.25) is 14.6 Å². The standard InChI is InChI=1S/C26H23FN4O2/c27-20-7-5-19(6-8-20)17-31-18-23(22-3-1-2-4-24(22)31)25(32)26(33)30-15-13-29(14-16-30)21-9-11-28-12-10-21/h1-12,18H,13-17H2. The first-order chi connectivity index (χ1) is 16.1. The minimum Gasteiger partial charge on any atom is -0.368 e. The Balaban J connectivity index is 1.35. The van der Waals surface area contributed by atoms with Crippen LogP contribution in [0, 0.1) is 5.82 Å². The highest BCUT2D eigenvalue weighted by molar-refractivity contribution is 6.44. The van der Waals surface area contributed by atoms with Crippen molar-refractivity contribution in [3.63, 3.8) is 0 Å². The minimum atomic E-state index is -0.499. The number of pyridine rings is 1. The third-order valence-corrected chi connectivity index (χ3v) is 6.09. The number of carbonyl (C=O) groups is 2. The molecule has 0 N–H and O–H groups in total. The van der Waals surface area contributed by atoms with Crippen LogP contribution in [0.25, 0.3) is 10.9 Å². The first-order valence-electron chi connectivity index (χ1n) is 10.9. The zero-order chi connectivity index (χ0) is 22.8. The first-order valence-corrected chi connectivity index (χ1v) is 10.9. The van der Waals surface area contributed by atoms with Crippen LogP contribution >= 0.6 is 0 Å². The maximum Gasteiger partial charge on any atom is 0.295 e. The van der Waals surface area contributed by atoms with Gasteiger partial charge in [0.2, 0.25) is 0 Å². The highest BCUT2D eigenvalue weighted by Crippen LogP contribution is 2.24. The molecule has 3 heterocycles. The van der Waals surface area contributed by atoms with E-state index in [1.54, 1.807) is 35.6 Å². The quantitative estimate of drug-likeness (QED) is 0.349. The summed E-state index contributed by atoms with van der Waals surface area (Å²) in [4.78, 5) is 34.2. The number of carbonyl (C=O) groups excluding carboxylic acids is 2. The zero-order valence-electron chi connectivity index (χ0n) is 18.0. The predicted octanol–water partition coefficient (Wildman–Crippen LogP) is 3.76. The van der Waals surface area contributed by atoms with Gasteiger partial charge in [-0.1, -0.05) is 30.3 Å². The molecule has 1 aliphatic rings. The highest BCUT2D eigenvalue weighted by Gasteiger charge is 2.29. The Labute approximate surface area is 190 Å². The lowest BCUT2D eigenvalue weighted by Crippen LogP contribution is -2.50. The molecule has 166 valence electrons. The van der Waals surface area contributed by atoms with E-state index in [2.05, 4.69) is 9.88 Å². The molecule has 0 atom stereocenters. The van der Waals surface area contributed by atoms with E-state index < -0.39 is 11.7 Å². The van der Waals surface area contributed by atoms with Crippen molar-refractivity contribution in [2.24, 2.45) is 0 Å². The number of fused-ring (bicyclic) bond motifs is 1. The fourth-order valence-corrected chi connectivity index (χ4v) is 4.33. The molecule has 33 heavy (non-hydrogen) atoms. The topological polar surface area (TPSA) is 58.4 Å². The fraction of sp³-hybridized carbons (Fsp3) is 0.192. The normalized spacial score (nSPS) is 14.0. The second kappa shape index (κ2) is 8.86. The molecule has 1 saturated heterocycles. The van der Waals surface area contributed by atoms with Crippen molar-refractivity contribution in [1.29, 1.82) is 0 Å². The van der Waals surface area contributed by atoms with Crippen LogP contribution in [0.5, 0.6) is 0 Å². The largest absolute Gasteiger partial charge is 0.368 e. The van der Waals surface area contributed by atoms with Crippen LogP contribution in [0.3, 0.4) is 0 Å². The lowest BCUT2D eigenvalue weighted by atomic mass is 10.1. The fourth-order valence-electron chi connectivity index (χ4n) is 4.33. The predicted molar refractivity (Wildman–Crippen MR) is 125 cm³/mol. The Kier molecular flexibility index (Phi) is 5.60. The van der Waals surface area contributed by atoms with Gasteiger partial charge in [0.25, 0.3) is 11.7 Å². The zero-order valence-corrected chi connectivity index (χ0v) is 18.0. The molecule has 0 bridgehead atoms. The van der Waals surface area contributed by atoms with Crippen molar-refractivity contribution >= 4 is 28.3 Å². The first kappa shape index (κ1) is 20.9. The van der Waals surface area contributed by atoms with Gasteiger partial charge in [-0.25, -0.2) is 4.39 Å². The molecule has 0 radical (unpaired) electrons. The summed E-state index contributed by atoms with van der Waals surface area (Å²) < 4.78 is 15.2. The second-order valence-electron chi connectivity index (χ2n) is 8.13. The molecule has 1 aliphatic heterocycles. The Bertz CT molecular complexity index is 1290. The van der Waals surface area contributed by atoms with Crippen molar-refractivity contribution in [2.45, 2.75) is 6.54 Å². The van der Waals surface area contributed by atoms with Crippen molar-refractivity contribution in [2.75, 3.05) is 31.1 Å². The number of rotatable bonds is 5. The van der Waals surface area contributed by atoms with E-state index >= 15 is 0 Å². The van der Waals surface area contributed by atoms with Gasteiger partial charge >= 0.3 is 0 Å². The molecule has 2 aromatic carbocycles. The number of Topliss-reactive ketones (excluding diaryl/α,β-unsaturated/α-hetero) is 1. The molecule has 0 unspecified atom stereocenters. The molecule has 4 aromatic rings. The number of nitrogens with zero attached hydrogens (tertiary/aromatic N) is 4. The molecule has 1 fully saturated rings. The molecule has 1 amide bonds. The summed E-state index contributed by atoms with van der Waals surface area (Å²) in [5.41, 5.74) is 3.23. The van der Waals surface area contributed by atoms with Crippen LogP contribution in [0.1, 0.15) is 15.9 Å². The van der Waals surface area contributed by atoms with Gasteiger partial charge in [-0.05, 0) is 35.9 Å². The number of para-hydroxylation sites is 1. The SMILES string of the molecule is O=C(C(=O)N1CCN(c2ccncc2)CC1)c1cn(Cc2ccc(F)cc2)c2ccccc12. The van der Waals surface area contributed by atoms with Gasteiger partial charge in [0.05, 0.1) is 5.56 Å². The average molecular weight is 442 g/mol. The highest BCUT2D eigenvalue weighted by atomic mass is 19.1. The number of halogens is 1. The lowest BCUT2D eigenvalue weighted by molar-refractivity contribution is -0.126. The maximum atomic E-state index is 13.3. The smallest absolute Gasteiger partial charge is 0.295 e.